The molecule has 0 bridgehead atoms. The van der Waals surface area contributed by atoms with Gasteiger partial charge in [-0.05, 0) is 35.9 Å². The van der Waals surface area contributed by atoms with E-state index in [0.29, 0.717) is 5.69 Å². The van der Waals surface area contributed by atoms with Crippen LogP contribution in [-0.4, -0.2) is 17.8 Å². The molecule has 2 aromatic heterocycles. The van der Waals surface area contributed by atoms with Crippen LogP contribution in [0.4, 0.5) is 5.69 Å². The van der Waals surface area contributed by atoms with Crippen molar-refractivity contribution >= 4 is 27.4 Å². The van der Waals surface area contributed by atoms with Gasteiger partial charge in [-0.2, -0.15) is 0 Å². The van der Waals surface area contributed by atoms with Crippen molar-refractivity contribution in [2.45, 2.75) is 0 Å². The predicted molar refractivity (Wildman–Crippen MR) is 109 cm³/mol. The molecule has 0 aliphatic rings. The Kier molecular flexibility index (Phi) is 4.48. The molecule has 0 fully saturated rings. The Bertz CT molecular complexity index is 1160. The normalized spacial score (nSPS) is 11.9. The molecule has 0 radical (unpaired) electrons. The second kappa shape index (κ2) is 7.09. The highest BCUT2D eigenvalue weighted by molar-refractivity contribution is 7.95. The molecule has 0 saturated heterocycles. The number of aromatic nitrogens is 2. The number of imidazole rings is 1. The van der Waals surface area contributed by atoms with Crippen LogP contribution >= 0.6 is 0 Å². The van der Waals surface area contributed by atoms with Crippen LogP contribution in [0, 0.1) is 0 Å². The quantitative estimate of drug-likeness (QED) is 0.562. The summed E-state index contributed by atoms with van der Waals surface area (Å²) >= 11 is 0. The smallest absolute Gasteiger partial charge is 0.255 e. The van der Waals surface area contributed by atoms with Crippen molar-refractivity contribution in [1.29, 1.82) is 0 Å². The summed E-state index contributed by atoms with van der Waals surface area (Å²) < 4.78 is 29.0. The third-order valence-corrected chi connectivity index (χ3v) is 5.06. The van der Waals surface area contributed by atoms with E-state index in [9.17, 15) is 8.42 Å². The number of benzene rings is 2. The van der Waals surface area contributed by atoms with Crippen molar-refractivity contribution in [3.63, 3.8) is 0 Å². The maximum atomic E-state index is 12.2. The number of fused-ring (bicyclic) bond motifs is 1. The van der Waals surface area contributed by atoms with Gasteiger partial charge in [0, 0.05) is 23.6 Å². The third-order valence-electron chi connectivity index (χ3n) is 4.04. The minimum absolute atomic E-state index is 0.500. The molecule has 4 rings (SSSR count). The van der Waals surface area contributed by atoms with Crippen molar-refractivity contribution in [2.24, 2.45) is 0 Å². The zero-order chi connectivity index (χ0) is 18.7. The van der Waals surface area contributed by atoms with Gasteiger partial charge in [0.15, 0.2) is 0 Å². The van der Waals surface area contributed by atoms with Crippen molar-refractivity contribution in [3.8, 4) is 11.3 Å². The molecule has 0 spiro atoms. The first-order valence-corrected chi connectivity index (χ1v) is 9.94. The fourth-order valence-corrected chi connectivity index (χ4v) is 3.58. The molecule has 4 aromatic rings. The number of anilines is 1. The fourth-order valence-electron chi connectivity index (χ4n) is 2.71. The molecule has 5 nitrogen and oxygen atoms in total. The van der Waals surface area contributed by atoms with E-state index in [2.05, 4.69) is 9.71 Å². The number of hydrogen-bond donors (Lipinski definition) is 1. The largest absolute Gasteiger partial charge is 0.306 e. The standard InChI is InChI=1S/C21H17N3O2S/c25-27(26,15-13-17-6-2-1-3-7-17)23-19-11-9-18(10-12-19)20-16-24-14-5-4-8-21(24)22-20/h1-16,23H/b15-13+. The Labute approximate surface area is 157 Å². The summed E-state index contributed by atoms with van der Waals surface area (Å²) in [5, 5.41) is 1.17. The molecule has 0 unspecified atom stereocenters. The van der Waals surface area contributed by atoms with Crippen LogP contribution in [0.5, 0.6) is 0 Å². The van der Waals surface area contributed by atoms with Crippen LogP contribution < -0.4 is 4.72 Å². The fraction of sp³-hybridized carbons (Fsp3) is 0. The van der Waals surface area contributed by atoms with Gasteiger partial charge >= 0.3 is 0 Å². The topological polar surface area (TPSA) is 63.5 Å². The summed E-state index contributed by atoms with van der Waals surface area (Å²) in [5.41, 5.74) is 3.94. The SMILES string of the molecule is O=S(=O)(/C=C/c1ccccc1)Nc1ccc(-c2cn3ccccc3n2)cc1. The lowest BCUT2D eigenvalue weighted by atomic mass is 10.1. The molecule has 0 amide bonds. The summed E-state index contributed by atoms with van der Waals surface area (Å²) in [6.45, 7) is 0. The van der Waals surface area contributed by atoms with Gasteiger partial charge in [0.1, 0.15) is 5.65 Å². The minimum Gasteiger partial charge on any atom is -0.306 e. The van der Waals surface area contributed by atoms with E-state index >= 15 is 0 Å². The van der Waals surface area contributed by atoms with E-state index in [1.807, 2.05) is 77.5 Å². The van der Waals surface area contributed by atoms with Crippen LogP contribution in [0.1, 0.15) is 5.56 Å². The molecule has 27 heavy (non-hydrogen) atoms. The average Bonchev–Trinajstić information content (AvgIpc) is 3.12. The van der Waals surface area contributed by atoms with E-state index < -0.39 is 10.0 Å². The highest BCUT2D eigenvalue weighted by Gasteiger charge is 2.07. The van der Waals surface area contributed by atoms with Crippen molar-refractivity contribution in [1.82, 2.24) is 9.38 Å². The van der Waals surface area contributed by atoms with E-state index in [1.165, 1.54) is 5.41 Å². The summed E-state index contributed by atoms with van der Waals surface area (Å²) in [6, 6.07) is 22.3. The zero-order valence-electron chi connectivity index (χ0n) is 14.4. The summed E-state index contributed by atoms with van der Waals surface area (Å²) in [7, 11) is -3.58. The van der Waals surface area contributed by atoms with Gasteiger partial charge in [-0.15, -0.1) is 0 Å². The number of rotatable bonds is 5. The number of hydrogen-bond acceptors (Lipinski definition) is 3. The maximum absolute atomic E-state index is 12.2. The summed E-state index contributed by atoms with van der Waals surface area (Å²) in [6.07, 6.45) is 5.44. The molecular weight excluding hydrogens is 358 g/mol. The van der Waals surface area contributed by atoms with Gasteiger partial charge in [0.2, 0.25) is 0 Å². The second-order valence-corrected chi connectivity index (χ2v) is 7.60. The molecule has 0 atom stereocenters. The molecule has 1 N–H and O–H groups in total. The lowest BCUT2D eigenvalue weighted by Crippen LogP contribution is -2.08. The molecule has 0 saturated carbocycles. The molecule has 2 heterocycles. The molecule has 134 valence electrons. The van der Waals surface area contributed by atoms with Crippen LogP contribution in [0.25, 0.3) is 23.0 Å². The first-order chi connectivity index (χ1) is 13.1. The lowest BCUT2D eigenvalue weighted by molar-refractivity contribution is 0.609. The van der Waals surface area contributed by atoms with E-state index in [4.69, 9.17) is 0 Å². The molecular formula is C21H17N3O2S. The van der Waals surface area contributed by atoms with Crippen LogP contribution in [-0.2, 0) is 10.0 Å². The number of nitrogens with zero attached hydrogens (tertiary/aromatic N) is 2. The van der Waals surface area contributed by atoms with Gasteiger partial charge < -0.3 is 4.40 Å². The van der Waals surface area contributed by atoms with Crippen molar-refractivity contribution in [3.05, 3.63) is 96.2 Å². The first kappa shape index (κ1) is 17.1. The Hall–Kier alpha value is -3.38. The first-order valence-electron chi connectivity index (χ1n) is 8.39. The second-order valence-electron chi connectivity index (χ2n) is 6.03. The van der Waals surface area contributed by atoms with Crippen molar-refractivity contribution < 1.29 is 8.42 Å². The van der Waals surface area contributed by atoms with Gasteiger partial charge in [-0.25, -0.2) is 13.4 Å². The highest BCUT2D eigenvalue weighted by Crippen LogP contribution is 2.22. The summed E-state index contributed by atoms with van der Waals surface area (Å²) in [4.78, 5) is 4.56. The monoisotopic (exact) mass is 375 g/mol. The van der Waals surface area contributed by atoms with E-state index in [1.54, 1.807) is 18.2 Å². The molecule has 2 aromatic carbocycles. The summed E-state index contributed by atoms with van der Waals surface area (Å²) in [5.74, 6) is 0. The third kappa shape index (κ3) is 4.07. The Morgan fingerprint density at radius 1 is 0.889 bits per heavy atom. The van der Waals surface area contributed by atoms with Crippen LogP contribution in [0.2, 0.25) is 0 Å². The van der Waals surface area contributed by atoms with Gasteiger partial charge in [-0.3, -0.25) is 4.72 Å². The zero-order valence-corrected chi connectivity index (χ0v) is 15.2. The lowest BCUT2D eigenvalue weighted by Gasteiger charge is -2.05. The van der Waals surface area contributed by atoms with E-state index in [-0.39, 0.29) is 0 Å². The molecule has 6 heteroatoms. The van der Waals surface area contributed by atoms with Gasteiger partial charge in [0.25, 0.3) is 10.0 Å². The Morgan fingerprint density at radius 3 is 2.37 bits per heavy atom. The minimum atomic E-state index is -3.58. The Balaban J connectivity index is 1.51. The average molecular weight is 375 g/mol. The number of pyridine rings is 1. The van der Waals surface area contributed by atoms with Gasteiger partial charge in [-0.1, -0.05) is 48.5 Å². The number of sulfonamides is 1. The van der Waals surface area contributed by atoms with Crippen LogP contribution in [0.3, 0.4) is 0 Å². The van der Waals surface area contributed by atoms with Gasteiger partial charge in [0.05, 0.1) is 11.1 Å². The van der Waals surface area contributed by atoms with Crippen molar-refractivity contribution in [2.75, 3.05) is 4.72 Å². The highest BCUT2D eigenvalue weighted by atomic mass is 32.2. The number of nitrogens with one attached hydrogen (secondary N) is 1. The van der Waals surface area contributed by atoms with E-state index in [0.717, 1.165) is 22.5 Å². The van der Waals surface area contributed by atoms with Crippen LogP contribution in [0.15, 0.2) is 90.6 Å². The molecule has 0 aliphatic carbocycles. The molecule has 0 aliphatic heterocycles. The predicted octanol–water partition coefficient (Wildman–Crippen LogP) is 4.41. The Morgan fingerprint density at radius 2 is 1.63 bits per heavy atom. The maximum Gasteiger partial charge on any atom is 0.255 e.